The predicted octanol–water partition coefficient (Wildman–Crippen LogP) is 1.14. The molecule has 1 saturated carbocycles. The Morgan fingerprint density at radius 2 is 2.27 bits per heavy atom. The summed E-state index contributed by atoms with van der Waals surface area (Å²) in [5, 5.41) is 15.2. The highest BCUT2D eigenvalue weighted by Gasteiger charge is 2.38. The number of aromatic nitrogens is 4. The van der Waals surface area contributed by atoms with E-state index in [0.717, 1.165) is 18.9 Å². The van der Waals surface area contributed by atoms with Gasteiger partial charge in [-0.2, -0.15) is 0 Å². The van der Waals surface area contributed by atoms with Crippen LogP contribution in [0.5, 0.6) is 0 Å². The summed E-state index contributed by atoms with van der Waals surface area (Å²) in [6.07, 6.45) is 2.59. The van der Waals surface area contributed by atoms with Crippen molar-refractivity contribution in [2.45, 2.75) is 46.2 Å². The van der Waals surface area contributed by atoms with E-state index in [1.807, 2.05) is 4.68 Å². The summed E-state index contributed by atoms with van der Waals surface area (Å²) in [6, 6.07) is 0.229. The van der Waals surface area contributed by atoms with Gasteiger partial charge in [-0.1, -0.05) is 13.8 Å². The second-order valence-electron chi connectivity index (χ2n) is 4.78. The molecule has 1 aromatic rings. The maximum Gasteiger partial charge on any atom is 0.167 e. The number of tetrazole rings is 1. The molecule has 5 heteroatoms. The Labute approximate surface area is 90.2 Å². The van der Waals surface area contributed by atoms with Crippen LogP contribution < -0.4 is 5.32 Å². The molecule has 1 aliphatic rings. The zero-order valence-electron chi connectivity index (χ0n) is 9.69. The number of hydrogen-bond donors (Lipinski definition) is 1. The topological polar surface area (TPSA) is 55.6 Å². The van der Waals surface area contributed by atoms with Gasteiger partial charge in [0, 0.05) is 0 Å². The van der Waals surface area contributed by atoms with Gasteiger partial charge in [0.2, 0.25) is 0 Å². The highest BCUT2D eigenvalue weighted by Crippen LogP contribution is 2.46. The van der Waals surface area contributed by atoms with Gasteiger partial charge < -0.3 is 5.32 Å². The average molecular weight is 209 g/mol. The summed E-state index contributed by atoms with van der Waals surface area (Å²) in [4.78, 5) is 0. The van der Waals surface area contributed by atoms with Crippen molar-refractivity contribution in [3.8, 4) is 0 Å². The summed E-state index contributed by atoms with van der Waals surface area (Å²) in [6.45, 7) is 8.36. The maximum atomic E-state index is 4.09. The highest BCUT2D eigenvalue weighted by atomic mass is 15.5. The van der Waals surface area contributed by atoms with E-state index in [2.05, 4.69) is 41.6 Å². The van der Waals surface area contributed by atoms with Crippen molar-refractivity contribution in [3.05, 3.63) is 5.82 Å². The van der Waals surface area contributed by atoms with Crippen LogP contribution in [0.15, 0.2) is 0 Å². The Balaban J connectivity index is 2.07. The van der Waals surface area contributed by atoms with Crippen molar-refractivity contribution in [1.29, 1.82) is 0 Å². The van der Waals surface area contributed by atoms with Crippen LogP contribution in [-0.4, -0.2) is 26.8 Å². The number of hydrogen-bond acceptors (Lipinski definition) is 4. The molecular formula is C10H19N5. The SMILES string of the molecule is CCNC(C)c1nnnn1CC1(C)CC1. The standard InChI is InChI=1S/C10H19N5/c1-4-11-8(2)9-12-13-14-15(9)7-10(3)5-6-10/h8,11H,4-7H2,1-3H3. The van der Waals surface area contributed by atoms with Crippen molar-refractivity contribution >= 4 is 0 Å². The lowest BCUT2D eigenvalue weighted by Crippen LogP contribution is -2.23. The number of nitrogens with zero attached hydrogens (tertiary/aromatic N) is 4. The molecule has 0 aliphatic heterocycles. The smallest absolute Gasteiger partial charge is 0.167 e. The Kier molecular flexibility index (Phi) is 2.73. The van der Waals surface area contributed by atoms with E-state index in [9.17, 15) is 0 Å². The third-order valence-electron chi connectivity index (χ3n) is 3.09. The van der Waals surface area contributed by atoms with E-state index in [1.54, 1.807) is 0 Å². The largest absolute Gasteiger partial charge is 0.308 e. The summed E-state index contributed by atoms with van der Waals surface area (Å²) in [7, 11) is 0. The van der Waals surface area contributed by atoms with Gasteiger partial charge in [-0.25, -0.2) is 4.68 Å². The predicted molar refractivity (Wildman–Crippen MR) is 57.2 cm³/mol. The Hall–Kier alpha value is -0.970. The Morgan fingerprint density at radius 3 is 2.87 bits per heavy atom. The quantitative estimate of drug-likeness (QED) is 0.790. The first-order valence-electron chi connectivity index (χ1n) is 5.64. The minimum Gasteiger partial charge on any atom is -0.308 e. The molecule has 1 unspecified atom stereocenters. The van der Waals surface area contributed by atoms with Crippen LogP contribution in [0.1, 0.15) is 45.5 Å². The lowest BCUT2D eigenvalue weighted by Gasteiger charge is -2.14. The van der Waals surface area contributed by atoms with Gasteiger partial charge in [-0.3, -0.25) is 0 Å². The van der Waals surface area contributed by atoms with Crippen LogP contribution in [0.25, 0.3) is 0 Å². The van der Waals surface area contributed by atoms with Gasteiger partial charge in [0.25, 0.3) is 0 Å². The molecule has 1 N–H and O–H groups in total. The minimum absolute atomic E-state index is 0.229. The molecule has 1 fully saturated rings. The number of rotatable bonds is 5. The molecule has 15 heavy (non-hydrogen) atoms. The average Bonchev–Trinajstić information content (AvgIpc) is 2.75. The molecule has 0 radical (unpaired) electrons. The third-order valence-corrected chi connectivity index (χ3v) is 3.09. The molecule has 0 bridgehead atoms. The van der Waals surface area contributed by atoms with Crippen LogP contribution >= 0.6 is 0 Å². The second-order valence-corrected chi connectivity index (χ2v) is 4.78. The summed E-state index contributed by atoms with van der Waals surface area (Å²) in [5.41, 5.74) is 0.441. The summed E-state index contributed by atoms with van der Waals surface area (Å²) < 4.78 is 1.94. The van der Waals surface area contributed by atoms with Gasteiger partial charge in [-0.05, 0) is 42.2 Å². The fourth-order valence-electron chi connectivity index (χ4n) is 1.76. The molecule has 1 aromatic heterocycles. The maximum absolute atomic E-state index is 4.09. The van der Waals surface area contributed by atoms with Crippen molar-refractivity contribution in [3.63, 3.8) is 0 Å². The molecule has 0 amide bonds. The van der Waals surface area contributed by atoms with Crippen molar-refractivity contribution in [1.82, 2.24) is 25.5 Å². The number of nitrogens with one attached hydrogen (secondary N) is 1. The molecule has 1 heterocycles. The highest BCUT2D eigenvalue weighted by molar-refractivity contribution is 4.94. The van der Waals surface area contributed by atoms with E-state index in [-0.39, 0.29) is 6.04 Å². The molecule has 84 valence electrons. The van der Waals surface area contributed by atoms with E-state index in [4.69, 9.17) is 0 Å². The van der Waals surface area contributed by atoms with Crippen molar-refractivity contribution in [2.75, 3.05) is 6.54 Å². The van der Waals surface area contributed by atoms with Gasteiger partial charge in [0.1, 0.15) is 0 Å². The van der Waals surface area contributed by atoms with Crippen LogP contribution in [0.4, 0.5) is 0 Å². The Morgan fingerprint density at radius 1 is 1.53 bits per heavy atom. The lowest BCUT2D eigenvalue weighted by molar-refractivity contribution is 0.397. The van der Waals surface area contributed by atoms with Gasteiger partial charge in [0.15, 0.2) is 5.82 Å². The molecule has 5 nitrogen and oxygen atoms in total. The molecule has 1 atom stereocenters. The fraction of sp³-hybridized carbons (Fsp3) is 0.900. The van der Waals surface area contributed by atoms with Crippen LogP contribution in [0, 0.1) is 5.41 Å². The second kappa shape index (κ2) is 3.89. The molecule has 0 aromatic carbocycles. The van der Waals surface area contributed by atoms with E-state index < -0.39 is 0 Å². The first kappa shape index (κ1) is 10.5. The van der Waals surface area contributed by atoms with Crippen molar-refractivity contribution in [2.24, 2.45) is 5.41 Å². The van der Waals surface area contributed by atoms with Gasteiger partial charge in [0.05, 0.1) is 12.6 Å². The van der Waals surface area contributed by atoms with E-state index >= 15 is 0 Å². The molecule has 0 spiro atoms. The van der Waals surface area contributed by atoms with Gasteiger partial charge >= 0.3 is 0 Å². The van der Waals surface area contributed by atoms with E-state index in [1.165, 1.54) is 12.8 Å². The van der Waals surface area contributed by atoms with Crippen LogP contribution in [-0.2, 0) is 6.54 Å². The summed E-state index contributed by atoms with van der Waals surface area (Å²) in [5.74, 6) is 0.949. The Bertz CT molecular complexity index is 328. The molecule has 2 rings (SSSR count). The van der Waals surface area contributed by atoms with Crippen LogP contribution in [0.3, 0.4) is 0 Å². The zero-order chi connectivity index (χ0) is 10.9. The summed E-state index contributed by atoms with van der Waals surface area (Å²) >= 11 is 0. The normalized spacial score (nSPS) is 20.2. The van der Waals surface area contributed by atoms with E-state index in [0.29, 0.717) is 5.41 Å². The minimum atomic E-state index is 0.229. The lowest BCUT2D eigenvalue weighted by atomic mass is 10.1. The molecule has 0 saturated heterocycles. The third kappa shape index (κ3) is 2.34. The van der Waals surface area contributed by atoms with Crippen LogP contribution in [0.2, 0.25) is 0 Å². The molecular weight excluding hydrogens is 190 g/mol. The van der Waals surface area contributed by atoms with Crippen molar-refractivity contribution < 1.29 is 0 Å². The monoisotopic (exact) mass is 209 g/mol. The first-order chi connectivity index (χ1) is 7.14. The fourth-order valence-corrected chi connectivity index (χ4v) is 1.76. The zero-order valence-corrected chi connectivity index (χ0v) is 9.69. The molecule has 1 aliphatic carbocycles. The first-order valence-corrected chi connectivity index (χ1v) is 5.64. The van der Waals surface area contributed by atoms with Gasteiger partial charge in [-0.15, -0.1) is 5.10 Å².